The van der Waals surface area contributed by atoms with Gasteiger partial charge in [0.25, 0.3) is 0 Å². The predicted molar refractivity (Wildman–Crippen MR) is 71.4 cm³/mol. The molecule has 0 bridgehead atoms. The standard InChI is InChI=1S/C14H20N2O/c1-12-6-5-10-16(12)11-9-15-13-7-3-4-8-14(13)17-2/h3-4,7-9,12H,5-6,10-11H2,1-2H3. The van der Waals surface area contributed by atoms with Gasteiger partial charge in [-0.25, -0.2) is 0 Å². The van der Waals surface area contributed by atoms with Crippen molar-refractivity contribution in [3.8, 4) is 5.75 Å². The first kappa shape index (κ1) is 12.1. The van der Waals surface area contributed by atoms with Gasteiger partial charge in [-0.2, -0.15) is 0 Å². The van der Waals surface area contributed by atoms with Crippen LogP contribution in [0.15, 0.2) is 29.3 Å². The van der Waals surface area contributed by atoms with Crippen LogP contribution in [0.25, 0.3) is 0 Å². The number of benzene rings is 1. The highest BCUT2D eigenvalue weighted by molar-refractivity contribution is 5.67. The van der Waals surface area contributed by atoms with Crippen LogP contribution in [0.4, 0.5) is 5.69 Å². The van der Waals surface area contributed by atoms with E-state index in [-0.39, 0.29) is 0 Å². The van der Waals surface area contributed by atoms with Crippen LogP contribution in [-0.4, -0.2) is 37.4 Å². The lowest BCUT2D eigenvalue weighted by molar-refractivity contribution is 0.309. The first-order chi connectivity index (χ1) is 8.31. The van der Waals surface area contributed by atoms with Crippen molar-refractivity contribution < 1.29 is 4.74 Å². The Hall–Kier alpha value is -1.35. The van der Waals surface area contributed by atoms with Crippen molar-refractivity contribution in [2.75, 3.05) is 20.2 Å². The van der Waals surface area contributed by atoms with Crippen molar-refractivity contribution in [1.29, 1.82) is 0 Å². The minimum Gasteiger partial charge on any atom is -0.494 e. The topological polar surface area (TPSA) is 24.8 Å². The zero-order chi connectivity index (χ0) is 12.1. The summed E-state index contributed by atoms with van der Waals surface area (Å²) in [5, 5.41) is 0. The summed E-state index contributed by atoms with van der Waals surface area (Å²) < 4.78 is 5.26. The molecule has 1 aromatic carbocycles. The van der Waals surface area contributed by atoms with Crippen molar-refractivity contribution in [2.45, 2.75) is 25.8 Å². The maximum atomic E-state index is 5.26. The molecule has 1 atom stereocenters. The van der Waals surface area contributed by atoms with E-state index in [2.05, 4.69) is 16.8 Å². The third-order valence-corrected chi connectivity index (χ3v) is 3.32. The van der Waals surface area contributed by atoms with Gasteiger partial charge in [-0.05, 0) is 38.4 Å². The zero-order valence-electron chi connectivity index (χ0n) is 10.6. The minimum absolute atomic E-state index is 0.694. The van der Waals surface area contributed by atoms with Crippen LogP contribution >= 0.6 is 0 Å². The fourth-order valence-electron chi connectivity index (χ4n) is 2.24. The van der Waals surface area contributed by atoms with E-state index in [0.717, 1.165) is 18.0 Å². The lowest BCUT2D eigenvalue weighted by atomic mass is 10.2. The molecule has 1 aromatic rings. The first-order valence-electron chi connectivity index (χ1n) is 6.21. The lowest BCUT2D eigenvalue weighted by Crippen LogP contribution is -2.28. The Morgan fingerprint density at radius 1 is 1.47 bits per heavy atom. The van der Waals surface area contributed by atoms with Crippen molar-refractivity contribution in [3.05, 3.63) is 24.3 Å². The Labute approximate surface area is 103 Å². The van der Waals surface area contributed by atoms with Gasteiger partial charge >= 0.3 is 0 Å². The number of nitrogens with zero attached hydrogens (tertiary/aromatic N) is 2. The highest BCUT2D eigenvalue weighted by Crippen LogP contribution is 2.25. The Bertz CT molecular complexity index is 390. The van der Waals surface area contributed by atoms with Crippen LogP contribution in [0.2, 0.25) is 0 Å². The third kappa shape index (κ3) is 3.07. The number of ether oxygens (including phenoxy) is 1. The molecular formula is C14H20N2O. The summed E-state index contributed by atoms with van der Waals surface area (Å²) in [6.07, 6.45) is 4.60. The van der Waals surface area contributed by atoms with Gasteiger partial charge in [-0.3, -0.25) is 9.89 Å². The average molecular weight is 232 g/mol. The molecule has 1 saturated heterocycles. The molecule has 17 heavy (non-hydrogen) atoms. The molecule has 1 unspecified atom stereocenters. The summed E-state index contributed by atoms with van der Waals surface area (Å²) in [6, 6.07) is 8.54. The minimum atomic E-state index is 0.694. The Morgan fingerprint density at radius 2 is 2.29 bits per heavy atom. The molecule has 0 amide bonds. The molecule has 3 nitrogen and oxygen atoms in total. The highest BCUT2D eigenvalue weighted by Gasteiger charge is 2.18. The maximum Gasteiger partial charge on any atom is 0.144 e. The molecule has 1 heterocycles. The fraction of sp³-hybridized carbons (Fsp3) is 0.500. The second kappa shape index (κ2) is 5.82. The molecule has 0 aliphatic carbocycles. The van der Waals surface area contributed by atoms with Gasteiger partial charge in [0, 0.05) is 18.8 Å². The van der Waals surface area contributed by atoms with Crippen LogP contribution in [0, 0.1) is 0 Å². The van der Waals surface area contributed by atoms with E-state index in [1.165, 1.54) is 19.4 Å². The quantitative estimate of drug-likeness (QED) is 0.746. The summed E-state index contributed by atoms with van der Waals surface area (Å²) >= 11 is 0. The number of para-hydroxylation sites is 2. The highest BCUT2D eigenvalue weighted by atomic mass is 16.5. The molecule has 1 aliphatic rings. The van der Waals surface area contributed by atoms with Crippen LogP contribution in [0.5, 0.6) is 5.75 Å². The fourth-order valence-corrected chi connectivity index (χ4v) is 2.24. The molecule has 0 aromatic heterocycles. The average Bonchev–Trinajstić information content (AvgIpc) is 2.76. The predicted octanol–water partition coefficient (Wildman–Crippen LogP) is 2.88. The number of hydrogen-bond donors (Lipinski definition) is 0. The summed E-state index contributed by atoms with van der Waals surface area (Å²) in [5.74, 6) is 0.832. The van der Waals surface area contributed by atoms with Crippen molar-refractivity contribution in [2.24, 2.45) is 4.99 Å². The van der Waals surface area contributed by atoms with E-state index < -0.39 is 0 Å². The molecule has 1 aliphatic heterocycles. The van der Waals surface area contributed by atoms with Gasteiger partial charge in [0.2, 0.25) is 0 Å². The molecule has 0 radical (unpaired) electrons. The maximum absolute atomic E-state index is 5.26. The molecule has 2 rings (SSSR count). The lowest BCUT2D eigenvalue weighted by Gasteiger charge is -2.17. The van der Waals surface area contributed by atoms with Crippen LogP contribution in [0.3, 0.4) is 0 Å². The molecule has 1 fully saturated rings. The van der Waals surface area contributed by atoms with Crippen LogP contribution in [0.1, 0.15) is 19.8 Å². The summed E-state index contributed by atoms with van der Waals surface area (Å²) in [7, 11) is 1.68. The molecule has 0 spiro atoms. The number of methoxy groups -OCH3 is 1. The van der Waals surface area contributed by atoms with Crippen LogP contribution in [-0.2, 0) is 0 Å². The molecule has 0 N–H and O–H groups in total. The number of likely N-dealkylation sites (tertiary alicyclic amines) is 1. The smallest absolute Gasteiger partial charge is 0.144 e. The first-order valence-corrected chi connectivity index (χ1v) is 6.21. The number of rotatable bonds is 4. The molecule has 0 saturated carbocycles. The normalized spacial score (nSPS) is 21.2. The van der Waals surface area contributed by atoms with E-state index in [4.69, 9.17) is 4.74 Å². The number of hydrogen-bond acceptors (Lipinski definition) is 3. The van der Waals surface area contributed by atoms with Gasteiger partial charge < -0.3 is 4.74 Å². The Morgan fingerprint density at radius 3 is 3.00 bits per heavy atom. The van der Waals surface area contributed by atoms with E-state index >= 15 is 0 Å². The summed E-state index contributed by atoms with van der Waals surface area (Å²) in [4.78, 5) is 6.94. The van der Waals surface area contributed by atoms with Crippen LogP contribution < -0.4 is 4.74 Å². The van der Waals surface area contributed by atoms with Crippen molar-refractivity contribution >= 4 is 11.9 Å². The SMILES string of the molecule is COc1ccccc1N=CCN1CCCC1C. The van der Waals surface area contributed by atoms with E-state index in [0.29, 0.717) is 6.04 Å². The summed E-state index contributed by atoms with van der Waals surface area (Å²) in [6.45, 7) is 4.41. The molecule has 92 valence electrons. The third-order valence-electron chi connectivity index (χ3n) is 3.32. The zero-order valence-corrected chi connectivity index (χ0v) is 10.6. The van der Waals surface area contributed by atoms with Crippen molar-refractivity contribution in [1.82, 2.24) is 4.90 Å². The monoisotopic (exact) mass is 232 g/mol. The Kier molecular flexibility index (Phi) is 4.15. The van der Waals surface area contributed by atoms with Gasteiger partial charge in [-0.1, -0.05) is 12.1 Å². The largest absolute Gasteiger partial charge is 0.494 e. The Balaban J connectivity index is 1.95. The second-order valence-corrected chi connectivity index (χ2v) is 4.47. The van der Waals surface area contributed by atoms with Gasteiger partial charge in [-0.15, -0.1) is 0 Å². The van der Waals surface area contributed by atoms with E-state index in [1.807, 2.05) is 30.5 Å². The molecular weight excluding hydrogens is 212 g/mol. The molecule has 3 heteroatoms. The van der Waals surface area contributed by atoms with E-state index in [1.54, 1.807) is 7.11 Å². The van der Waals surface area contributed by atoms with Gasteiger partial charge in [0.1, 0.15) is 11.4 Å². The van der Waals surface area contributed by atoms with E-state index in [9.17, 15) is 0 Å². The van der Waals surface area contributed by atoms with Crippen molar-refractivity contribution in [3.63, 3.8) is 0 Å². The summed E-state index contributed by atoms with van der Waals surface area (Å²) in [5.41, 5.74) is 0.904. The second-order valence-electron chi connectivity index (χ2n) is 4.47. The van der Waals surface area contributed by atoms with Gasteiger partial charge in [0.15, 0.2) is 0 Å². The van der Waals surface area contributed by atoms with Gasteiger partial charge in [0.05, 0.1) is 7.11 Å². The number of aliphatic imine (C=N–C) groups is 1.